The van der Waals surface area contributed by atoms with E-state index >= 15 is 0 Å². The lowest BCUT2D eigenvalue weighted by Gasteiger charge is -2.27. The van der Waals surface area contributed by atoms with Crippen LogP contribution in [0.4, 0.5) is 16.2 Å². The molecule has 0 saturated carbocycles. The molecule has 1 N–H and O–H groups in total. The number of para-hydroxylation sites is 2. The fourth-order valence-corrected chi connectivity index (χ4v) is 2.95. The molecule has 0 spiro atoms. The van der Waals surface area contributed by atoms with Crippen LogP contribution in [0, 0.1) is 0 Å². The van der Waals surface area contributed by atoms with Crippen molar-refractivity contribution in [3.8, 4) is 0 Å². The smallest absolute Gasteiger partial charge is 0.355 e. The van der Waals surface area contributed by atoms with Crippen molar-refractivity contribution in [2.45, 2.75) is 0 Å². The van der Waals surface area contributed by atoms with Gasteiger partial charge in [0.15, 0.2) is 0 Å². The lowest BCUT2D eigenvalue weighted by atomic mass is 10.1. The van der Waals surface area contributed by atoms with Gasteiger partial charge in [0.2, 0.25) is 0 Å². The highest BCUT2D eigenvalue weighted by molar-refractivity contribution is 6.07. The van der Waals surface area contributed by atoms with Crippen molar-refractivity contribution < 1.29 is 23.9 Å². The Morgan fingerprint density at radius 3 is 2.37 bits per heavy atom. The molecule has 2 aliphatic heterocycles. The first kappa shape index (κ1) is 18.2. The third-order valence-corrected chi connectivity index (χ3v) is 4.18. The van der Waals surface area contributed by atoms with E-state index in [9.17, 15) is 14.4 Å². The molecule has 2 heterocycles. The van der Waals surface area contributed by atoms with Crippen LogP contribution in [0.3, 0.4) is 0 Å². The quantitative estimate of drug-likeness (QED) is 0.813. The zero-order valence-electron chi connectivity index (χ0n) is 15.0. The number of ether oxygens (including phenoxy) is 2. The third kappa shape index (κ3) is 3.41. The van der Waals surface area contributed by atoms with Crippen molar-refractivity contribution in [1.82, 2.24) is 5.32 Å². The topological polar surface area (TPSA) is 88.2 Å². The highest BCUT2D eigenvalue weighted by Gasteiger charge is 2.31. The molecule has 0 radical (unpaired) electrons. The number of nitrogens with zero attached hydrogens (tertiary/aromatic N) is 2. The van der Waals surface area contributed by atoms with Crippen LogP contribution in [0.2, 0.25) is 0 Å². The number of amides is 2. The van der Waals surface area contributed by atoms with Gasteiger partial charge < -0.3 is 19.7 Å². The largest absolute Gasteiger partial charge is 0.465 e. The molecule has 1 saturated heterocycles. The van der Waals surface area contributed by atoms with E-state index in [0.717, 1.165) is 0 Å². The monoisotopic (exact) mass is 369 g/mol. The summed E-state index contributed by atoms with van der Waals surface area (Å²) in [5.74, 6) is -1.37. The first-order valence-corrected chi connectivity index (χ1v) is 8.28. The summed E-state index contributed by atoms with van der Waals surface area (Å²) in [6.07, 6.45) is 6.42. The van der Waals surface area contributed by atoms with Crippen LogP contribution in [-0.4, -0.2) is 45.3 Å². The van der Waals surface area contributed by atoms with E-state index in [4.69, 9.17) is 9.47 Å². The van der Waals surface area contributed by atoms with Gasteiger partial charge in [-0.05, 0) is 24.3 Å². The van der Waals surface area contributed by atoms with E-state index in [2.05, 4.69) is 5.32 Å². The summed E-state index contributed by atoms with van der Waals surface area (Å²) in [6, 6.07) is 6.89. The van der Waals surface area contributed by atoms with Crippen molar-refractivity contribution in [3.05, 3.63) is 60.0 Å². The minimum absolute atomic E-state index is 0.00130. The van der Waals surface area contributed by atoms with Crippen LogP contribution in [0.1, 0.15) is 0 Å². The number of nitrogens with one attached hydrogen (secondary N) is 1. The number of urea groups is 1. The van der Waals surface area contributed by atoms with Gasteiger partial charge in [0.05, 0.1) is 31.2 Å². The Bertz CT molecular complexity index is 872. The van der Waals surface area contributed by atoms with Crippen molar-refractivity contribution in [3.63, 3.8) is 0 Å². The zero-order chi connectivity index (χ0) is 19.4. The molecular weight excluding hydrogens is 350 g/mol. The van der Waals surface area contributed by atoms with Crippen LogP contribution in [0.25, 0.3) is 0 Å². The van der Waals surface area contributed by atoms with Gasteiger partial charge in [-0.15, -0.1) is 0 Å². The normalized spacial score (nSPS) is 16.3. The van der Waals surface area contributed by atoms with Gasteiger partial charge in [0.25, 0.3) is 0 Å². The maximum atomic E-state index is 12.5. The number of hydrogen-bond donors (Lipinski definition) is 1. The van der Waals surface area contributed by atoms with E-state index in [1.807, 2.05) is 0 Å². The van der Waals surface area contributed by atoms with Crippen molar-refractivity contribution >= 4 is 29.3 Å². The predicted molar refractivity (Wildman–Crippen MR) is 99.0 cm³/mol. The van der Waals surface area contributed by atoms with Crippen LogP contribution >= 0.6 is 0 Å². The van der Waals surface area contributed by atoms with Gasteiger partial charge in [-0.2, -0.15) is 0 Å². The Balaban J connectivity index is 2.18. The summed E-state index contributed by atoms with van der Waals surface area (Å²) in [4.78, 5) is 40.1. The number of allylic oxidation sites excluding steroid dienone is 2. The Labute approximate surface area is 156 Å². The van der Waals surface area contributed by atoms with E-state index in [0.29, 0.717) is 24.5 Å². The number of hydrogen-bond acceptors (Lipinski definition) is 6. The number of benzene rings is 1. The molecule has 1 fully saturated rings. The Morgan fingerprint density at radius 2 is 1.74 bits per heavy atom. The average molecular weight is 369 g/mol. The molecule has 1 aromatic carbocycles. The molecule has 0 bridgehead atoms. The van der Waals surface area contributed by atoms with E-state index in [-0.39, 0.29) is 17.3 Å². The Hall–Kier alpha value is -3.55. The lowest BCUT2D eigenvalue weighted by Crippen LogP contribution is -2.31. The fraction of sp³-hybridized carbons (Fsp3) is 0.211. The SMILES string of the molecule is COC(=O)C1=C(C(=O)OC)N(c2ccccc2N2CCNC2=O)C=CC=C1. The number of methoxy groups -OCH3 is 2. The number of esters is 2. The number of anilines is 2. The molecule has 140 valence electrons. The molecule has 0 aliphatic carbocycles. The molecule has 27 heavy (non-hydrogen) atoms. The second-order valence-electron chi connectivity index (χ2n) is 5.69. The van der Waals surface area contributed by atoms with E-state index in [1.165, 1.54) is 25.2 Å². The average Bonchev–Trinajstić information content (AvgIpc) is 3.00. The fourth-order valence-electron chi connectivity index (χ4n) is 2.95. The molecule has 0 aromatic heterocycles. The highest BCUT2D eigenvalue weighted by atomic mass is 16.5. The second kappa shape index (κ2) is 7.77. The maximum Gasteiger partial charge on any atom is 0.355 e. The first-order chi connectivity index (χ1) is 13.1. The highest BCUT2D eigenvalue weighted by Crippen LogP contribution is 2.35. The molecule has 1 aromatic rings. The minimum Gasteiger partial charge on any atom is -0.465 e. The third-order valence-electron chi connectivity index (χ3n) is 4.18. The summed E-state index contributed by atoms with van der Waals surface area (Å²) < 4.78 is 9.72. The first-order valence-electron chi connectivity index (χ1n) is 8.28. The summed E-state index contributed by atoms with van der Waals surface area (Å²) in [5, 5.41) is 2.75. The molecule has 0 unspecified atom stereocenters. The minimum atomic E-state index is -0.702. The number of rotatable bonds is 4. The van der Waals surface area contributed by atoms with Crippen molar-refractivity contribution in [2.75, 3.05) is 37.1 Å². The van der Waals surface area contributed by atoms with Crippen LogP contribution in [0.5, 0.6) is 0 Å². The lowest BCUT2D eigenvalue weighted by molar-refractivity contribution is -0.139. The maximum absolute atomic E-state index is 12.5. The van der Waals surface area contributed by atoms with Crippen LogP contribution in [-0.2, 0) is 19.1 Å². The summed E-state index contributed by atoms with van der Waals surface area (Å²) in [7, 11) is 2.48. The van der Waals surface area contributed by atoms with E-state index < -0.39 is 11.9 Å². The molecule has 8 nitrogen and oxygen atoms in total. The summed E-state index contributed by atoms with van der Waals surface area (Å²) in [5.41, 5.74) is 1.21. The summed E-state index contributed by atoms with van der Waals surface area (Å²) in [6.45, 7) is 1.02. The summed E-state index contributed by atoms with van der Waals surface area (Å²) >= 11 is 0. The van der Waals surface area contributed by atoms with Gasteiger partial charge in [-0.3, -0.25) is 4.90 Å². The van der Waals surface area contributed by atoms with Gasteiger partial charge in [-0.1, -0.05) is 18.2 Å². The van der Waals surface area contributed by atoms with Gasteiger partial charge in [0.1, 0.15) is 5.70 Å². The zero-order valence-corrected chi connectivity index (χ0v) is 15.0. The van der Waals surface area contributed by atoms with Gasteiger partial charge in [-0.25, -0.2) is 14.4 Å². The molecule has 2 aliphatic rings. The number of carbonyl (C=O) groups excluding carboxylic acids is 3. The molecular formula is C19H19N3O5. The standard InChI is InChI=1S/C19H19N3O5/c1-26-17(23)13-7-5-6-11-21(16(13)18(24)27-2)14-8-3-4-9-15(14)22-12-10-20-19(22)25/h3-9,11H,10,12H2,1-2H3,(H,20,25). The second-order valence-corrected chi connectivity index (χ2v) is 5.69. The molecule has 2 amide bonds. The van der Waals surface area contributed by atoms with Crippen molar-refractivity contribution in [1.29, 1.82) is 0 Å². The van der Waals surface area contributed by atoms with Crippen molar-refractivity contribution in [2.24, 2.45) is 0 Å². The van der Waals surface area contributed by atoms with Crippen LogP contribution in [0.15, 0.2) is 60.0 Å². The van der Waals surface area contributed by atoms with Gasteiger partial charge >= 0.3 is 18.0 Å². The molecule has 0 atom stereocenters. The molecule has 3 rings (SSSR count). The van der Waals surface area contributed by atoms with Crippen LogP contribution < -0.4 is 15.1 Å². The molecule has 8 heteroatoms. The Morgan fingerprint density at radius 1 is 1.04 bits per heavy atom. The Kier molecular flexibility index (Phi) is 5.25. The van der Waals surface area contributed by atoms with E-state index in [1.54, 1.807) is 47.5 Å². The predicted octanol–water partition coefficient (Wildman–Crippen LogP) is 1.71. The number of carbonyl (C=O) groups is 3. The van der Waals surface area contributed by atoms with Gasteiger partial charge in [0, 0.05) is 19.3 Å².